The predicted octanol–water partition coefficient (Wildman–Crippen LogP) is 0.442. The van der Waals surface area contributed by atoms with Crippen molar-refractivity contribution in [1.29, 1.82) is 0 Å². The molecule has 2 aliphatic rings. The lowest BCUT2D eigenvalue weighted by molar-refractivity contribution is -0.126. The second-order valence-electron chi connectivity index (χ2n) is 5.66. The first-order chi connectivity index (χ1) is 8.16. The summed E-state index contributed by atoms with van der Waals surface area (Å²) in [4.78, 5) is 14.5. The molecule has 4 nitrogen and oxygen atoms in total. The zero-order chi connectivity index (χ0) is 12.3. The van der Waals surface area contributed by atoms with Crippen molar-refractivity contribution in [3.63, 3.8) is 0 Å². The highest BCUT2D eigenvalue weighted by atomic mass is 16.2. The number of hydrogen-bond donors (Lipinski definition) is 2. The van der Waals surface area contributed by atoms with E-state index in [0.29, 0.717) is 5.92 Å². The van der Waals surface area contributed by atoms with Gasteiger partial charge in [0.1, 0.15) is 0 Å². The molecule has 2 fully saturated rings. The Kier molecular flexibility index (Phi) is 4.40. The smallest absolute Gasteiger partial charge is 0.224 e. The molecule has 1 unspecified atom stereocenters. The summed E-state index contributed by atoms with van der Waals surface area (Å²) in [7, 11) is 0. The average Bonchev–Trinajstić information content (AvgIpc) is 2.88. The molecule has 98 valence electrons. The van der Waals surface area contributed by atoms with Crippen LogP contribution in [0.15, 0.2) is 0 Å². The van der Waals surface area contributed by atoms with Crippen molar-refractivity contribution in [1.82, 2.24) is 15.5 Å². The van der Waals surface area contributed by atoms with E-state index in [1.165, 1.54) is 25.9 Å². The molecule has 1 amide bonds. The number of carbonyl (C=O) groups is 1. The highest BCUT2D eigenvalue weighted by Gasteiger charge is 2.30. The Hall–Kier alpha value is -0.610. The van der Waals surface area contributed by atoms with Crippen molar-refractivity contribution >= 4 is 5.91 Å². The third kappa shape index (κ3) is 3.42. The molecule has 0 bridgehead atoms. The van der Waals surface area contributed by atoms with Gasteiger partial charge in [0.15, 0.2) is 0 Å². The number of likely N-dealkylation sites (tertiary alicyclic amines) is 1. The molecule has 0 aromatic heterocycles. The van der Waals surface area contributed by atoms with Gasteiger partial charge >= 0.3 is 0 Å². The van der Waals surface area contributed by atoms with Crippen LogP contribution in [0.25, 0.3) is 0 Å². The Morgan fingerprint density at radius 3 is 2.71 bits per heavy atom. The van der Waals surface area contributed by atoms with E-state index in [1.807, 2.05) is 0 Å². The molecule has 17 heavy (non-hydrogen) atoms. The van der Waals surface area contributed by atoms with Gasteiger partial charge in [-0.25, -0.2) is 0 Å². The minimum atomic E-state index is 0.163. The zero-order valence-corrected chi connectivity index (χ0v) is 11.0. The van der Waals surface area contributed by atoms with Crippen LogP contribution < -0.4 is 10.6 Å². The van der Waals surface area contributed by atoms with Gasteiger partial charge in [0.05, 0.1) is 5.92 Å². The van der Waals surface area contributed by atoms with Crippen molar-refractivity contribution in [2.75, 3.05) is 32.7 Å². The van der Waals surface area contributed by atoms with Crippen molar-refractivity contribution in [3.05, 3.63) is 0 Å². The maximum absolute atomic E-state index is 12.1. The third-order valence-corrected chi connectivity index (χ3v) is 3.97. The summed E-state index contributed by atoms with van der Waals surface area (Å²) in [6, 6.07) is 0.272. The molecular weight excluding hydrogens is 214 g/mol. The van der Waals surface area contributed by atoms with Crippen LogP contribution in [0.2, 0.25) is 0 Å². The lowest BCUT2D eigenvalue weighted by Gasteiger charge is -2.23. The van der Waals surface area contributed by atoms with E-state index in [0.717, 1.165) is 19.6 Å². The van der Waals surface area contributed by atoms with E-state index in [1.54, 1.807) is 0 Å². The molecule has 0 saturated carbocycles. The van der Waals surface area contributed by atoms with Crippen LogP contribution in [0, 0.1) is 11.8 Å². The largest absolute Gasteiger partial charge is 0.352 e. The number of rotatable bonds is 4. The third-order valence-electron chi connectivity index (χ3n) is 3.97. The van der Waals surface area contributed by atoms with E-state index in [-0.39, 0.29) is 17.9 Å². The molecule has 0 spiro atoms. The highest BCUT2D eigenvalue weighted by Crippen LogP contribution is 2.16. The van der Waals surface area contributed by atoms with E-state index < -0.39 is 0 Å². The number of hydrogen-bond acceptors (Lipinski definition) is 3. The first-order valence-corrected chi connectivity index (χ1v) is 6.90. The van der Waals surface area contributed by atoms with Crippen LogP contribution >= 0.6 is 0 Å². The van der Waals surface area contributed by atoms with Gasteiger partial charge in [-0.1, -0.05) is 6.92 Å². The van der Waals surface area contributed by atoms with E-state index in [2.05, 4.69) is 29.4 Å². The molecule has 2 aliphatic heterocycles. The normalized spacial score (nSPS) is 31.6. The van der Waals surface area contributed by atoms with Gasteiger partial charge < -0.3 is 15.5 Å². The van der Waals surface area contributed by atoms with Crippen molar-refractivity contribution in [3.8, 4) is 0 Å². The Morgan fingerprint density at radius 1 is 1.41 bits per heavy atom. The standard InChI is InChI=1S/C13H25N3O/c1-10-7-14-8-12(10)13(17)15-11(2)9-16-5-3-4-6-16/h10-12,14H,3-9H2,1-2H3,(H,15,17)/t10-,11?,12-/m1/s1. The number of nitrogens with zero attached hydrogens (tertiary/aromatic N) is 1. The Morgan fingerprint density at radius 2 is 2.12 bits per heavy atom. The molecule has 2 N–H and O–H groups in total. The first-order valence-electron chi connectivity index (χ1n) is 6.90. The summed E-state index contributed by atoms with van der Waals surface area (Å²) in [6.07, 6.45) is 2.62. The minimum Gasteiger partial charge on any atom is -0.352 e. The fourth-order valence-corrected chi connectivity index (χ4v) is 2.91. The molecule has 2 saturated heterocycles. The second kappa shape index (κ2) is 5.83. The Bertz CT molecular complexity index is 263. The summed E-state index contributed by atoms with van der Waals surface area (Å²) in [6.45, 7) is 9.46. The quantitative estimate of drug-likeness (QED) is 0.748. The molecule has 0 aliphatic carbocycles. The summed E-state index contributed by atoms with van der Waals surface area (Å²) in [5.74, 6) is 0.860. The summed E-state index contributed by atoms with van der Waals surface area (Å²) < 4.78 is 0. The Balaban J connectivity index is 1.73. The predicted molar refractivity (Wildman–Crippen MR) is 68.8 cm³/mol. The van der Waals surface area contributed by atoms with Crippen molar-refractivity contribution in [2.45, 2.75) is 32.7 Å². The van der Waals surface area contributed by atoms with Gasteiger partial charge in [-0.3, -0.25) is 4.79 Å². The van der Waals surface area contributed by atoms with Crippen LogP contribution in [-0.2, 0) is 4.79 Å². The molecule has 0 aromatic rings. The van der Waals surface area contributed by atoms with Gasteiger partial charge in [0.2, 0.25) is 5.91 Å². The van der Waals surface area contributed by atoms with Gasteiger partial charge in [-0.15, -0.1) is 0 Å². The molecule has 2 heterocycles. The monoisotopic (exact) mass is 239 g/mol. The first kappa shape index (κ1) is 12.8. The van der Waals surface area contributed by atoms with Gasteiger partial charge in [-0.2, -0.15) is 0 Å². The van der Waals surface area contributed by atoms with Gasteiger partial charge in [-0.05, 0) is 45.3 Å². The summed E-state index contributed by atoms with van der Waals surface area (Å²) in [5.41, 5.74) is 0. The average molecular weight is 239 g/mol. The van der Waals surface area contributed by atoms with Crippen LogP contribution in [0.3, 0.4) is 0 Å². The number of nitrogens with one attached hydrogen (secondary N) is 2. The van der Waals surface area contributed by atoms with Crippen LogP contribution in [0.4, 0.5) is 0 Å². The van der Waals surface area contributed by atoms with Crippen LogP contribution in [-0.4, -0.2) is 49.6 Å². The summed E-state index contributed by atoms with van der Waals surface area (Å²) >= 11 is 0. The van der Waals surface area contributed by atoms with Gasteiger partial charge in [0.25, 0.3) is 0 Å². The lowest BCUT2D eigenvalue weighted by atomic mass is 9.97. The Labute approximate surface area is 104 Å². The second-order valence-corrected chi connectivity index (χ2v) is 5.66. The molecule has 2 rings (SSSR count). The fraction of sp³-hybridized carbons (Fsp3) is 0.923. The van der Waals surface area contributed by atoms with E-state index in [9.17, 15) is 4.79 Å². The molecule has 3 atom stereocenters. The minimum absolute atomic E-state index is 0.163. The SMILES string of the molecule is CC(CN1CCCC1)NC(=O)[C@@H]1CNC[C@H]1C. The fourth-order valence-electron chi connectivity index (χ4n) is 2.91. The van der Waals surface area contributed by atoms with Crippen molar-refractivity contribution in [2.24, 2.45) is 11.8 Å². The number of amides is 1. The topological polar surface area (TPSA) is 44.4 Å². The van der Waals surface area contributed by atoms with E-state index in [4.69, 9.17) is 0 Å². The molecule has 0 radical (unpaired) electrons. The number of carbonyl (C=O) groups excluding carboxylic acids is 1. The van der Waals surface area contributed by atoms with Gasteiger partial charge in [0, 0.05) is 19.1 Å². The maximum atomic E-state index is 12.1. The highest BCUT2D eigenvalue weighted by molar-refractivity contribution is 5.79. The molecule has 4 heteroatoms. The maximum Gasteiger partial charge on any atom is 0.224 e. The van der Waals surface area contributed by atoms with E-state index >= 15 is 0 Å². The van der Waals surface area contributed by atoms with Crippen LogP contribution in [0.1, 0.15) is 26.7 Å². The van der Waals surface area contributed by atoms with Crippen molar-refractivity contribution < 1.29 is 4.79 Å². The van der Waals surface area contributed by atoms with Crippen LogP contribution in [0.5, 0.6) is 0 Å². The zero-order valence-electron chi connectivity index (χ0n) is 11.0. The molecular formula is C13H25N3O. The lowest BCUT2D eigenvalue weighted by Crippen LogP contribution is -2.44. The molecule has 0 aromatic carbocycles. The summed E-state index contributed by atoms with van der Waals surface area (Å²) in [5, 5.41) is 6.44.